The number of benzene rings is 2. The highest BCUT2D eigenvalue weighted by molar-refractivity contribution is 5.95. The number of nitrogens with one attached hydrogen (secondary N) is 1. The van der Waals surface area contributed by atoms with Gasteiger partial charge in [0.2, 0.25) is 5.91 Å². The SMILES string of the molecule is Cc1ccccc1NC(=O)C(C)N1CCc2c(nnn2-c2ccccc2)C1. The zero-order chi connectivity index (χ0) is 18.8. The molecule has 0 aliphatic carbocycles. The summed E-state index contributed by atoms with van der Waals surface area (Å²) in [6.07, 6.45) is 0.819. The molecule has 1 amide bonds. The molecule has 0 spiro atoms. The molecule has 3 aromatic rings. The lowest BCUT2D eigenvalue weighted by atomic mass is 10.1. The molecule has 1 aromatic heterocycles. The summed E-state index contributed by atoms with van der Waals surface area (Å²) in [6.45, 7) is 5.37. The van der Waals surface area contributed by atoms with Crippen LogP contribution in [0.25, 0.3) is 5.69 Å². The summed E-state index contributed by atoms with van der Waals surface area (Å²) in [5, 5.41) is 11.7. The summed E-state index contributed by atoms with van der Waals surface area (Å²) in [5.74, 6) is 0.00296. The maximum absolute atomic E-state index is 12.7. The van der Waals surface area contributed by atoms with E-state index < -0.39 is 0 Å². The standard InChI is InChI=1S/C21H23N5O/c1-15-8-6-7-11-18(15)22-21(27)16(2)25-13-12-20-19(14-25)23-24-26(20)17-9-4-3-5-10-17/h3-11,16H,12-14H2,1-2H3,(H,22,27). The minimum absolute atomic E-state index is 0.00296. The fourth-order valence-corrected chi connectivity index (χ4v) is 3.45. The van der Waals surface area contributed by atoms with Gasteiger partial charge in [-0.15, -0.1) is 5.10 Å². The molecule has 2 aromatic carbocycles. The van der Waals surface area contributed by atoms with E-state index in [1.807, 2.05) is 73.1 Å². The molecular weight excluding hydrogens is 338 g/mol. The maximum Gasteiger partial charge on any atom is 0.241 e. The van der Waals surface area contributed by atoms with Crippen molar-refractivity contribution in [2.45, 2.75) is 32.9 Å². The largest absolute Gasteiger partial charge is 0.324 e. The van der Waals surface area contributed by atoms with E-state index in [4.69, 9.17) is 0 Å². The van der Waals surface area contributed by atoms with Gasteiger partial charge in [-0.1, -0.05) is 41.6 Å². The van der Waals surface area contributed by atoms with Crippen LogP contribution in [0.3, 0.4) is 0 Å². The number of aromatic nitrogens is 3. The molecule has 0 bridgehead atoms. The smallest absolute Gasteiger partial charge is 0.241 e. The van der Waals surface area contributed by atoms with Crippen molar-refractivity contribution >= 4 is 11.6 Å². The average Bonchev–Trinajstić information content (AvgIpc) is 3.13. The van der Waals surface area contributed by atoms with Crippen LogP contribution in [0.1, 0.15) is 23.9 Å². The van der Waals surface area contributed by atoms with Crippen molar-refractivity contribution in [2.75, 3.05) is 11.9 Å². The van der Waals surface area contributed by atoms with Crippen molar-refractivity contribution in [3.63, 3.8) is 0 Å². The Bertz CT molecular complexity index is 950. The van der Waals surface area contributed by atoms with Crippen LogP contribution in [0.15, 0.2) is 54.6 Å². The summed E-state index contributed by atoms with van der Waals surface area (Å²) in [6, 6.07) is 17.6. The van der Waals surface area contributed by atoms with Crippen LogP contribution in [0.5, 0.6) is 0 Å². The number of hydrogen-bond donors (Lipinski definition) is 1. The Kier molecular flexibility index (Phi) is 4.73. The van der Waals surface area contributed by atoms with Gasteiger partial charge >= 0.3 is 0 Å². The molecule has 2 heterocycles. The molecule has 0 radical (unpaired) electrons. The van der Waals surface area contributed by atoms with Gasteiger partial charge in [0.25, 0.3) is 0 Å². The second-order valence-electron chi connectivity index (χ2n) is 6.93. The molecule has 0 saturated carbocycles. The van der Waals surface area contributed by atoms with E-state index >= 15 is 0 Å². The third-order valence-corrected chi connectivity index (χ3v) is 5.16. The molecule has 138 valence electrons. The van der Waals surface area contributed by atoms with Crippen LogP contribution >= 0.6 is 0 Å². The van der Waals surface area contributed by atoms with E-state index in [9.17, 15) is 4.79 Å². The fourth-order valence-electron chi connectivity index (χ4n) is 3.45. The Hall–Kier alpha value is -2.99. The van der Waals surface area contributed by atoms with Crippen LogP contribution < -0.4 is 5.32 Å². The molecular formula is C21H23N5O. The van der Waals surface area contributed by atoms with E-state index in [1.165, 1.54) is 0 Å². The van der Waals surface area contributed by atoms with Crippen molar-refractivity contribution in [2.24, 2.45) is 0 Å². The topological polar surface area (TPSA) is 63.1 Å². The first-order chi connectivity index (χ1) is 13.1. The summed E-state index contributed by atoms with van der Waals surface area (Å²) in [4.78, 5) is 14.9. The molecule has 4 rings (SSSR count). The van der Waals surface area contributed by atoms with Crippen molar-refractivity contribution in [1.82, 2.24) is 19.9 Å². The Balaban J connectivity index is 1.47. The van der Waals surface area contributed by atoms with Crippen LogP contribution in [0.2, 0.25) is 0 Å². The highest BCUT2D eigenvalue weighted by atomic mass is 16.2. The van der Waals surface area contributed by atoms with Crippen LogP contribution in [-0.2, 0) is 17.8 Å². The molecule has 1 unspecified atom stereocenters. The molecule has 1 aliphatic rings. The Labute approximate surface area is 158 Å². The number of hydrogen-bond acceptors (Lipinski definition) is 4. The van der Waals surface area contributed by atoms with E-state index in [-0.39, 0.29) is 11.9 Å². The van der Waals surface area contributed by atoms with E-state index in [0.29, 0.717) is 6.54 Å². The van der Waals surface area contributed by atoms with Gasteiger partial charge in [0.15, 0.2) is 0 Å². The molecule has 1 aliphatic heterocycles. The zero-order valence-electron chi connectivity index (χ0n) is 15.6. The number of aryl methyl sites for hydroxylation is 1. The molecule has 6 heteroatoms. The lowest BCUT2D eigenvalue weighted by Gasteiger charge is -2.31. The third kappa shape index (κ3) is 3.48. The first-order valence-electron chi connectivity index (χ1n) is 9.23. The average molecular weight is 361 g/mol. The quantitative estimate of drug-likeness (QED) is 0.776. The second-order valence-corrected chi connectivity index (χ2v) is 6.93. The molecule has 0 fully saturated rings. The van der Waals surface area contributed by atoms with Crippen molar-refractivity contribution < 1.29 is 4.79 Å². The number of anilines is 1. The number of carbonyl (C=O) groups excluding carboxylic acids is 1. The summed E-state index contributed by atoms with van der Waals surface area (Å²) in [5.41, 5.74) is 5.02. The minimum atomic E-state index is -0.236. The number of amides is 1. The Morgan fingerprint density at radius 2 is 1.85 bits per heavy atom. The molecule has 27 heavy (non-hydrogen) atoms. The number of nitrogens with zero attached hydrogens (tertiary/aromatic N) is 4. The Morgan fingerprint density at radius 3 is 2.63 bits per heavy atom. The lowest BCUT2D eigenvalue weighted by molar-refractivity contribution is -0.121. The maximum atomic E-state index is 12.7. The van der Waals surface area contributed by atoms with Crippen LogP contribution in [0, 0.1) is 6.92 Å². The van der Waals surface area contributed by atoms with E-state index in [2.05, 4.69) is 20.5 Å². The number of para-hydroxylation sites is 2. The highest BCUT2D eigenvalue weighted by Crippen LogP contribution is 2.22. The van der Waals surface area contributed by atoms with Gasteiger partial charge in [-0.05, 0) is 37.6 Å². The molecule has 0 saturated heterocycles. The number of fused-ring (bicyclic) bond motifs is 1. The van der Waals surface area contributed by atoms with Crippen molar-refractivity contribution in [3.05, 3.63) is 71.5 Å². The predicted molar refractivity (Wildman–Crippen MR) is 105 cm³/mol. The van der Waals surface area contributed by atoms with E-state index in [1.54, 1.807) is 0 Å². The third-order valence-electron chi connectivity index (χ3n) is 5.16. The second kappa shape index (κ2) is 7.32. The molecule has 1 atom stereocenters. The van der Waals surface area contributed by atoms with Crippen LogP contribution in [0.4, 0.5) is 5.69 Å². The van der Waals surface area contributed by atoms with Gasteiger partial charge < -0.3 is 5.32 Å². The lowest BCUT2D eigenvalue weighted by Crippen LogP contribution is -2.44. The fraction of sp³-hybridized carbons (Fsp3) is 0.286. The number of carbonyl (C=O) groups is 1. The summed E-state index contributed by atoms with van der Waals surface area (Å²) < 4.78 is 1.91. The van der Waals surface area contributed by atoms with E-state index in [0.717, 1.165) is 41.3 Å². The normalized spacial score (nSPS) is 15.2. The monoisotopic (exact) mass is 361 g/mol. The molecule has 6 nitrogen and oxygen atoms in total. The van der Waals surface area contributed by atoms with Gasteiger partial charge in [-0.3, -0.25) is 9.69 Å². The van der Waals surface area contributed by atoms with Gasteiger partial charge in [0, 0.05) is 25.2 Å². The van der Waals surface area contributed by atoms with Crippen molar-refractivity contribution in [1.29, 1.82) is 0 Å². The van der Waals surface area contributed by atoms with Gasteiger partial charge in [-0.2, -0.15) is 0 Å². The first kappa shape index (κ1) is 17.4. The van der Waals surface area contributed by atoms with Gasteiger partial charge in [0.05, 0.1) is 17.4 Å². The van der Waals surface area contributed by atoms with Crippen LogP contribution in [-0.4, -0.2) is 38.4 Å². The number of rotatable bonds is 4. The minimum Gasteiger partial charge on any atom is -0.324 e. The molecule has 1 N–H and O–H groups in total. The van der Waals surface area contributed by atoms with Gasteiger partial charge in [0.1, 0.15) is 5.69 Å². The van der Waals surface area contributed by atoms with Crippen molar-refractivity contribution in [3.8, 4) is 5.69 Å². The highest BCUT2D eigenvalue weighted by Gasteiger charge is 2.29. The predicted octanol–water partition coefficient (Wildman–Crippen LogP) is 2.96. The Morgan fingerprint density at radius 1 is 1.11 bits per heavy atom. The summed E-state index contributed by atoms with van der Waals surface area (Å²) >= 11 is 0. The van der Waals surface area contributed by atoms with Gasteiger partial charge in [-0.25, -0.2) is 4.68 Å². The zero-order valence-corrected chi connectivity index (χ0v) is 15.6. The first-order valence-corrected chi connectivity index (χ1v) is 9.23. The summed E-state index contributed by atoms with van der Waals surface area (Å²) in [7, 11) is 0.